The normalized spacial score (nSPS) is 11.6. The Kier molecular flexibility index (Phi) is 4.94. The van der Waals surface area contributed by atoms with Crippen LogP contribution >= 0.6 is 0 Å². The van der Waals surface area contributed by atoms with Crippen LogP contribution in [0.25, 0.3) is 0 Å². The molecule has 0 aromatic heterocycles. The Morgan fingerprint density at radius 3 is 2.08 bits per heavy atom. The first-order valence-corrected chi connectivity index (χ1v) is 7.47. The summed E-state index contributed by atoms with van der Waals surface area (Å²) in [6, 6.07) is 25.8. The smallest absolute Gasteiger partial charge is 0.204 e. The zero-order valence-corrected chi connectivity index (χ0v) is 12.9. The minimum absolute atomic E-state index is 0.0955. The highest BCUT2D eigenvalue weighted by atomic mass is 16.3. The second-order valence-electron chi connectivity index (χ2n) is 4.97. The third-order valence-corrected chi connectivity index (χ3v) is 3.23. The fourth-order valence-corrected chi connectivity index (χ4v) is 2.03. The number of hydrogen-bond acceptors (Lipinski definition) is 4. The maximum atomic E-state index is 10.1. The summed E-state index contributed by atoms with van der Waals surface area (Å²) in [6.45, 7) is 0. The number of nitrogens with zero attached hydrogens (tertiary/aromatic N) is 3. The van der Waals surface area contributed by atoms with Crippen molar-refractivity contribution in [2.24, 2.45) is 15.3 Å². The highest BCUT2D eigenvalue weighted by molar-refractivity contribution is 6.01. The molecule has 118 valence electrons. The Bertz CT molecular complexity index is 846. The van der Waals surface area contributed by atoms with E-state index in [1.165, 1.54) is 0 Å². The maximum Gasteiger partial charge on any atom is 0.204 e. The number of rotatable bonds is 4. The second-order valence-corrected chi connectivity index (χ2v) is 4.97. The van der Waals surface area contributed by atoms with E-state index in [1.807, 2.05) is 66.7 Å². The van der Waals surface area contributed by atoms with Gasteiger partial charge >= 0.3 is 0 Å². The van der Waals surface area contributed by atoms with Crippen LogP contribution in [0.2, 0.25) is 0 Å². The predicted molar refractivity (Wildman–Crippen MR) is 95.7 cm³/mol. The molecule has 3 rings (SSSR count). The van der Waals surface area contributed by atoms with Crippen molar-refractivity contribution in [3.05, 3.63) is 90.5 Å². The van der Waals surface area contributed by atoms with E-state index in [1.54, 1.807) is 18.2 Å². The van der Waals surface area contributed by atoms with Crippen LogP contribution in [0, 0.1) is 0 Å². The van der Waals surface area contributed by atoms with Gasteiger partial charge in [-0.2, -0.15) is 5.10 Å². The first kappa shape index (κ1) is 15.4. The standard InChI is InChI=1S/C19H16N4O/c24-18-14-8-7-13-17(18)19(22-20-15-9-3-1-4-10-15)23-21-16-11-5-2-6-12-16/h1-14,20,24H/b22-19+,23-21?. The first-order valence-electron chi connectivity index (χ1n) is 7.47. The van der Waals surface area contributed by atoms with Crippen LogP contribution in [0.5, 0.6) is 5.75 Å². The quantitative estimate of drug-likeness (QED) is 0.309. The molecule has 0 fully saturated rings. The number of amidine groups is 1. The molecular formula is C19H16N4O. The number of aromatic hydroxyl groups is 1. The minimum atomic E-state index is 0.0955. The van der Waals surface area contributed by atoms with Gasteiger partial charge in [-0.05, 0) is 36.4 Å². The highest BCUT2D eigenvalue weighted by Gasteiger charge is 2.08. The lowest BCUT2D eigenvalue weighted by atomic mass is 10.2. The van der Waals surface area contributed by atoms with Crippen LogP contribution in [0.1, 0.15) is 5.56 Å². The second kappa shape index (κ2) is 7.69. The van der Waals surface area contributed by atoms with E-state index in [0.29, 0.717) is 17.1 Å². The van der Waals surface area contributed by atoms with Crippen molar-refractivity contribution in [1.82, 2.24) is 0 Å². The van der Waals surface area contributed by atoms with Gasteiger partial charge in [0.05, 0.1) is 16.9 Å². The Hall–Kier alpha value is -3.47. The molecule has 0 radical (unpaired) electrons. The van der Waals surface area contributed by atoms with Crippen LogP contribution in [0.4, 0.5) is 11.4 Å². The van der Waals surface area contributed by atoms with Crippen LogP contribution in [0.3, 0.4) is 0 Å². The van der Waals surface area contributed by atoms with Gasteiger partial charge in [-0.15, -0.1) is 10.2 Å². The molecule has 0 aliphatic rings. The summed E-state index contributed by atoms with van der Waals surface area (Å²) < 4.78 is 0. The van der Waals surface area contributed by atoms with E-state index in [0.717, 1.165) is 5.69 Å². The average Bonchev–Trinajstić information content (AvgIpc) is 2.64. The summed E-state index contributed by atoms with van der Waals surface area (Å²) in [5, 5.41) is 22.7. The fourth-order valence-electron chi connectivity index (χ4n) is 2.03. The molecule has 24 heavy (non-hydrogen) atoms. The Labute approximate surface area is 140 Å². The Morgan fingerprint density at radius 1 is 0.750 bits per heavy atom. The van der Waals surface area contributed by atoms with Crippen molar-refractivity contribution >= 4 is 17.2 Å². The zero-order valence-electron chi connectivity index (χ0n) is 12.9. The molecule has 5 heteroatoms. The van der Waals surface area contributed by atoms with E-state index in [2.05, 4.69) is 20.8 Å². The molecule has 3 aromatic rings. The third kappa shape index (κ3) is 4.04. The number of phenolic OH excluding ortho intramolecular Hbond substituents is 1. The summed E-state index contributed by atoms with van der Waals surface area (Å²) >= 11 is 0. The van der Waals surface area contributed by atoms with Crippen molar-refractivity contribution in [3.8, 4) is 5.75 Å². The lowest BCUT2D eigenvalue weighted by Crippen LogP contribution is -2.01. The fraction of sp³-hybridized carbons (Fsp3) is 0. The lowest BCUT2D eigenvalue weighted by Gasteiger charge is -2.05. The molecule has 0 amide bonds. The Morgan fingerprint density at radius 2 is 1.38 bits per heavy atom. The van der Waals surface area contributed by atoms with E-state index in [4.69, 9.17) is 0 Å². The van der Waals surface area contributed by atoms with Crippen LogP contribution in [-0.4, -0.2) is 10.9 Å². The number of anilines is 1. The van der Waals surface area contributed by atoms with Crippen molar-refractivity contribution in [2.45, 2.75) is 0 Å². The van der Waals surface area contributed by atoms with E-state index < -0.39 is 0 Å². The molecular weight excluding hydrogens is 300 g/mol. The van der Waals surface area contributed by atoms with Gasteiger partial charge in [0.15, 0.2) is 0 Å². The van der Waals surface area contributed by atoms with Crippen molar-refractivity contribution in [1.29, 1.82) is 0 Å². The number of nitrogens with one attached hydrogen (secondary N) is 1. The molecule has 0 bridgehead atoms. The number of hydrogen-bond donors (Lipinski definition) is 2. The third-order valence-electron chi connectivity index (χ3n) is 3.23. The molecule has 0 saturated carbocycles. The number of para-hydroxylation sites is 2. The largest absolute Gasteiger partial charge is 0.507 e. The van der Waals surface area contributed by atoms with Gasteiger partial charge in [0.1, 0.15) is 5.75 Å². The van der Waals surface area contributed by atoms with E-state index in [9.17, 15) is 5.11 Å². The molecule has 0 spiro atoms. The van der Waals surface area contributed by atoms with Gasteiger partial charge in [-0.3, -0.25) is 5.43 Å². The summed E-state index contributed by atoms with van der Waals surface area (Å²) in [7, 11) is 0. The van der Waals surface area contributed by atoms with Gasteiger partial charge < -0.3 is 5.11 Å². The molecule has 0 atom stereocenters. The number of benzene rings is 3. The van der Waals surface area contributed by atoms with Gasteiger partial charge in [0, 0.05) is 0 Å². The van der Waals surface area contributed by atoms with Crippen molar-refractivity contribution in [2.75, 3.05) is 5.43 Å². The minimum Gasteiger partial charge on any atom is -0.507 e. The summed E-state index contributed by atoms with van der Waals surface area (Å²) in [6.07, 6.45) is 0. The van der Waals surface area contributed by atoms with Gasteiger partial charge in [0.2, 0.25) is 5.84 Å². The topological polar surface area (TPSA) is 69.3 Å². The van der Waals surface area contributed by atoms with E-state index in [-0.39, 0.29) is 5.75 Å². The Balaban J connectivity index is 1.92. The number of phenols is 1. The highest BCUT2D eigenvalue weighted by Crippen LogP contribution is 2.19. The number of hydrazone groups is 1. The SMILES string of the molecule is Oc1ccccc1/C(N=Nc1ccccc1)=N\Nc1ccccc1. The molecule has 2 N–H and O–H groups in total. The zero-order chi connectivity index (χ0) is 16.6. The maximum absolute atomic E-state index is 10.1. The molecule has 5 nitrogen and oxygen atoms in total. The molecule has 0 saturated heterocycles. The predicted octanol–water partition coefficient (Wildman–Crippen LogP) is 4.95. The lowest BCUT2D eigenvalue weighted by molar-refractivity contribution is 0.474. The monoisotopic (exact) mass is 316 g/mol. The van der Waals surface area contributed by atoms with Gasteiger partial charge in [-0.25, -0.2) is 0 Å². The van der Waals surface area contributed by atoms with Gasteiger partial charge in [-0.1, -0.05) is 48.5 Å². The van der Waals surface area contributed by atoms with Crippen LogP contribution in [-0.2, 0) is 0 Å². The average molecular weight is 316 g/mol. The van der Waals surface area contributed by atoms with Crippen molar-refractivity contribution < 1.29 is 5.11 Å². The van der Waals surface area contributed by atoms with Crippen LogP contribution in [0.15, 0.2) is 100 Å². The van der Waals surface area contributed by atoms with Crippen LogP contribution < -0.4 is 5.43 Å². The molecule has 0 aliphatic carbocycles. The molecule has 0 aliphatic heterocycles. The van der Waals surface area contributed by atoms with E-state index >= 15 is 0 Å². The summed E-state index contributed by atoms with van der Waals surface area (Å²) in [4.78, 5) is 0. The van der Waals surface area contributed by atoms with Crippen molar-refractivity contribution in [3.63, 3.8) is 0 Å². The summed E-state index contributed by atoms with van der Waals surface area (Å²) in [5.74, 6) is 0.388. The summed E-state index contributed by atoms with van der Waals surface area (Å²) in [5.41, 5.74) is 4.96. The molecule has 0 unspecified atom stereocenters. The number of azo groups is 1. The molecule has 3 aromatic carbocycles. The van der Waals surface area contributed by atoms with Gasteiger partial charge in [0.25, 0.3) is 0 Å². The molecule has 0 heterocycles. The first-order chi connectivity index (χ1) is 11.8.